The van der Waals surface area contributed by atoms with E-state index in [-0.39, 0.29) is 5.41 Å². The number of benzene rings is 1. The lowest BCUT2D eigenvalue weighted by Gasteiger charge is -2.27. The highest BCUT2D eigenvalue weighted by Crippen LogP contribution is 2.44. The predicted molar refractivity (Wildman–Crippen MR) is 66.9 cm³/mol. The van der Waals surface area contributed by atoms with Gasteiger partial charge in [0.05, 0.1) is 7.11 Å². The smallest absolute Gasteiger partial charge is 0.122 e. The van der Waals surface area contributed by atoms with Crippen LogP contribution in [0.1, 0.15) is 37.3 Å². The van der Waals surface area contributed by atoms with Gasteiger partial charge in [-0.1, -0.05) is 24.6 Å². The number of hydrogen-bond donors (Lipinski definition) is 1. The highest BCUT2D eigenvalue weighted by molar-refractivity contribution is 5.42. The fraction of sp³-hybridized carbons (Fsp3) is 0.571. The molecule has 1 aromatic carbocycles. The Hall–Kier alpha value is -1.02. The van der Waals surface area contributed by atoms with Gasteiger partial charge >= 0.3 is 0 Å². The van der Waals surface area contributed by atoms with Crippen LogP contribution in [-0.2, 0) is 5.41 Å². The van der Waals surface area contributed by atoms with Crippen LogP contribution >= 0.6 is 0 Å². The molecule has 0 spiro atoms. The van der Waals surface area contributed by atoms with E-state index in [0.717, 1.165) is 25.0 Å². The van der Waals surface area contributed by atoms with E-state index in [1.807, 2.05) is 0 Å². The molecule has 0 saturated heterocycles. The molecule has 0 aliphatic heterocycles. The Kier molecular flexibility index (Phi) is 2.94. The molecular formula is C14H21NO. The lowest BCUT2D eigenvalue weighted by Crippen LogP contribution is -2.23. The summed E-state index contributed by atoms with van der Waals surface area (Å²) in [7, 11) is 1.74. The minimum absolute atomic E-state index is 0.191. The molecule has 1 aliphatic carbocycles. The van der Waals surface area contributed by atoms with Crippen LogP contribution in [0.15, 0.2) is 18.2 Å². The number of methoxy groups -OCH3 is 1. The minimum Gasteiger partial charge on any atom is -0.496 e. The van der Waals surface area contributed by atoms with Crippen molar-refractivity contribution in [1.29, 1.82) is 0 Å². The molecule has 2 heteroatoms. The third-order valence-corrected chi connectivity index (χ3v) is 3.78. The Balaban J connectivity index is 2.42. The van der Waals surface area contributed by atoms with Gasteiger partial charge in [-0.25, -0.2) is 0 Å². The van der Waals surface area contributed by atoms with Crippen LogP contribution < -0.4 is 10.5 Å². The Labute approximate surface area is 97.8 Å². The Morgan fingerprint density at radius 2 is 2.19 bits per heavy atom. The average molecular weight is 219 g/mol. The maximum Gasteiger partial charge on any atom is 0.122 e. The molecule has 2 rings (SSSR count). The van der Waals surface area contributed by atoms with Gasteiger partial charge in [0, 0.05) is 11.6 Å². The summed E-state index contributed by atoms with van der Waals surface area (Å²) >= 11 is 0. The first-order valence-corrected chi connectivity index (χ1v) is 5.96. The first-order chi connectivity index (χ1) is 7.55. The molecule has 0 heterocycles. The lowest BCUT2D eigenvalue weighted by atomic mass is 9.79. The maximum absolute atomic E-state index is 6.04. The molecule has 0 bridgehead atoms. The Bertz CT molecular complexity index is 388. The summed E-state index contributed by atoms with van der Waals surface area (Å²) in [4.78, 5) is 0. The molecular weight excluding hydrogens is 198 g/mol. The van der Waals surface area contributed by atoms with Crippen molar-refractivity contribution in [3.05, 3.63) is 29.3 Å². The molecule has 1 saturated carbocycles. The number of aryl methyl sites for hydroxylation is 1. The van der Waals surface area contributed by atoms with Gasteiger partial charge in [0.1, 0.15) is 5.75 Å². The zero-order chi connectivity index (χ0) is 11.8. The standard InChI is InChI=1S/C14H21NO/c1-10-4-5-13(16-3)12(8-10)14(2)7-6-11(15)9-14/h4-5,8,11H,6-7,9,15H2,1-3H3. The second-order valence-corrected chi connectivity index (χ2v) is 5.27. The fourth-order valence-electron chi connectivity index (χ4n) is 2.82. The zero-order valence-corrected chi connectivity index (χ0v) is 10.4. The Morgan fingerprint density at radius 3 is 2.75 bits per heavy atom. The number of rotatable bonds is 2. The van der Waals surface area contributed by atoms with Gasteiger partial charge in [-0.05, 0) is 37.7 Å². The summed E-state index contributed by atoms with van der Waals surface area (Å²) in [5.41, 5.74) is 8.84. The maximum atomic E-state index is 6.04. The largest absolute Gasteiger partial charge is 0.496 e. The van der Waals surface area contributed by atoms with Crippen LogP contribution in [0.3, 0.4) is 0 Å². The quantitative estimate of drug-likeness (QED) is 0.830. The third-order valence-electron chi connectivity index (χ3n) is 3.78. The molecule has 2 N–H and O–H groups in total. The SMILES string of the molecule is COc1ccc(C)cc1C1(C)CCC(N)C1. The van der Waals surface area contributed by atoms with E-state index >= 15 is 0 Å². The molecule has 0 aromatic heterocycles. The molecule has 2 unspecified atom stereocenters. The van der Waals surface area contributed by atoms with Crippen molar-refractivity contribution < 1.29 is 4.74 Å². The minimum atomic E-state index is 0.191. The van der Waals surface area contributed by atoms with E-state index in [1.165, 1.54) is 11.1 Å². The second kappa shape index (κ2) is 4.10. The van der Waals surface area contributed by atoms with E-state index in [4.69, 9.17) is 10.5 Å². The van der Waals surface area contributed by atoms with Gasteiger partial charge in [-0.3, -0.25) is 0 Å². The van der Waals surface area contributed by atoms with Crippen LogP contribution in [0.2, 0.25) is 0 Å². The summed E-state index contributed by atoms with van der Waals surface area (Å²) in [6.45, 7) is 4.43. The zero-order valence-electron chi connectivity index (χ0n) is 10.4. The van der Waals surface area contributed by atoms with Crippen molar-refractivity contribution >= 4 is 0 Å². The van der Waals surface area contributed by atoms with Gasteiger partial charge in [-0.2, -0.15) is 0 Å². The topological polar surface area (TPSA) is 35.2 Å². The van der Waals surface area contributed by atoms with Gasteiger partial charge in [0.25, 0.3) is 0 Å². The highest BCUT2D eigenvalue weighted by atomic mass is 16.5. The second-order valence-electron chi connectivity index (χ2n) is 5.27. The molecule has 0 radical (unpaired) electrons. The first kappa shape index (κ1) is 11.5. The van der Waals surface area contributed by atoms with Gasteiger partial charge in [-0.15, -0.1) is 0 Å². The van der Waals surface area contributed by atoms with E-state index in [1.54, 1.807) is 7.11 Å². The molecule has 1 aromatic rings. The van der Waals surface area contributed by atoms with E-state index < -0.39 is 0 Å². The van der Waals surface area contributed by atoms with Crippen molar-refractivity contribution in [2.75, 3.05) is 7.11 Å². The summed E-state index contributed by atoms with van der Waals surface area (Å²) in [5.74, 6) is 1.00. The summed E-state index contributed by atoms with van der Waals surface area (Å²) < 4.78 is 5.47. The monoisotopic (exact) mass is 219 g/mol. The Morgan fingerprint density at radius 1 is 1.44 bits per heavy atom. The summed E-state index contributed by atoms with van der Waals surface area (Å²) in [6, 6.07) is 6.76. The van der Waals surface area contributed by atoms with Crippen molar-refractivity contribution in [3.63, 3.8) is 0 Å². The lowest BCUT2D eigenvalue weighted by molar-refractivity contribution is 0.384. The number of ether oxygens (including phenoxy) is 1. The summed E-state index contributed by atoms with van der Waals surface area (Å²) in [6.07, 6.45) is 3.34. The van der Waals surface area contributed by atoms with Crippen molar-refractivity contribution in [3.8, 4) is 5.75 Å². The van der Waals surface area contributed by atoms with Gasteiger partial charge in [0.2, 0.25) is 0 Å². The highest BCUT2D eigenvalue weighted by Gasteiger charge is 2.36. The molecule has 2 atom stereocenters. The first-order valence-electron chi connectivity index (χ1n) is 5.96. The molecule has 1 fully saturated rings. The third kappa shape index (κ3) is 1.94. The van der Waals surface area contributed by atoms with Crippen molar-refractivity contribution in [1.82, 2.24) is 0 Å². The van der Waals surface area contributed by atoms with Crippen LogP contribution in [-0.4, -0.2) is 13.2 Å². The van der Waals surface area contributed by atoms with E-state index in [0.29, 0.717) is 6.04 Å². The van der Waals surface area contributed by atoms with Crippen LogP contribution in [0, 0.1) is 6.92 Å². The number of hydrogen-bond acceptors (Lipinski definition) is 2. The van der Waals surface area contributed by atoms with E-state index in [9.17, 15) is 0 Å². The molecule has 88 valence electrons. The van der Waals surface area contributed by atoms with Crippen LogP contribution in [0.4, 0.5) is 0 Å². The van der Waals surface area contributed by atoms with Crippen molar-refractivity contribution in [2.24, 2.45) is 5.73 Å². The number of nitrogens with two attached hydrogens (primary N) is 1. The predicted octanol–water partition coefficient (Wildman–Crippen LogP) is 2.77. The average Bonchev–Trinajstić information content (AvgIpc) is 2.60. The molecule has 2 nitrogen and oxygen atoms in total. The molecule has 0 amide bonds. The van der Waals surface area contributed by atoms with Crippen molar-refractivity contribution in [2.45, 2.75) is 44.6 Å². The van der Waals surface area contributed by atoms with Crippen LogP contribution in [0.5, 0.6) is 5.75 Å². The van der Waals surface area contributed by atoms with Gasteiger partial charge < -0.3 is 10.5 Å². The van der Waals surface area contributed by atoms with Crippen LogP contribution in [0.25, 0.3) is 0 Å². The van der Waals surface area contributed by atoms with E-state index in [2.05, 4.69) is 32.0 Å². The summed E-state index contributed by atoms with van der Waals surface area (Å²) in [5, 5.41) is 0. The molecule has 16 heavy (non-hydrogen) atoms. The molecule has 1 aliphatic rings. The van der Waals surface area contributed by atoms with Gasteiger partial charge in [0.15, 0.2) is 0 Å². The normalized spacial score (nSPS) is 29.4. The fourth-order valence-corrected chi connectivity index (χ4v) is 2.82.